The zero-order chi connectivity index (χ0) is 24.6. The minimum absolute atomic E-state index is 0.0754. The first-order valence-electron chi connectivity index (χ1n) is 11.8. The summed E-state index contributed by atoms with van der Waals surface area (Å²) in [6.07, 6.45) is 1.11. The summed E-state index contributed by atoms with van der Waals surface area (Å²) < 4.78 is 5.97. The molecule has 0 spiro atoms. The van der Waals surface area contributed by atoms with Crippen LogP contribution in [0.3, 0.4) is 0 Å². The first-order chi connectivity index (χ1) is 17.0. The van der Waals surface area contributed by atoms with E-state index in [1.54, 1.807) is 0 Å². The van der Waals surface area contributed by atoms with E-state index in [1.807, 2.05) is 97.9 Å². The second-order valence-corrected chi connectivity index (χ2v) is 8.62. The molecular formula is C30H29NO4. The molecule has 2 N–H and O–H groups in total. The number of ether oxygens (including phenoxy) is 1. The number of carboxylic acid groups (broad SMARTS) is 1. The Balaban J connectivity index is 1.55. The van der Waals surface area contributed by atoms with Crippen LogP contribution in [0.25, 0.3) is 10.8 Å². The first kappa shape index (κ1) is 24.0. The number of hydrogen-bond donors (Lipinski definition) is 2. The van der Waals surface area contributed by atoms with Gasteiger partial charge in [-0.15, -0.1) is 0 Å². The molecule has 0 radical (unpaired) electrons. The van der Waals surface area contributed by atoms with Crippen molar-refractivity contribution in [2.45, 2.75) is 38.7 Å². The summed E-state index contributed by atoms with van der Waals surface area (Å²) in [6, 6.07) is 29.5. The average Bonchev–Trinajstić information content (AvgIpc) is 2.88. The second kappa shape index (κ2) is 11.3. The zero-order valence-electron chi connectivity index (χ0n) is 19.7. The van der Waals surface area contributed by atoms with E-state index >= 15 is 0 Å². The van der Waals surface area contributed by atoms with Gasteiger partial charge < -0.3 is 15.2 Å². The molecular weight excluding hydrogens is 438 g/mol. The lowest BCUT2D eigenvalue weighted by molar-refractivity contribution is -0.137. The van der Waals surface area contributed by atoms with Crippen molar-refractivity contribution in [2.75, 3.05) is 5.32 Å². The molecule has 35 heavy (non-hydrogen) atoms. The van der Waals surface area contributed by atoms with Crippen LogP contribution in [0.1, 0.15) is 42.4 Å². The number of nitrogens with one attached hydrogen (secondary N) is 1. The Morgan fingerprint density at radius 2 is 1.66 bits per heavy atom. The number of hydrogen-bond acceptors (Lipinski definition) is 3. The molecule has 0 bridgehead atoms. The van der Waals surface area contributed by atoms with E-state index in [1.165, 1.54) is 0 Å². The quantitative estimate of drug-likeness (QED) is 0.277. The van der Waals surface area contributed by atoms with Crippen LogP contribution in [0.4, 0.5) is 5.69 Å². The Morgan fingerprint density at radius 1 is 0.914 bits per heavy atom. The zero-order valence-corrected chi connectivity index (χ0v) is 19.7. The van der Waals surface area contributed by atoms with Crippen LogP contribution < -0.4 is 10.1 Å². The van der Waals surface area contributed by atoms with Crippen molar-refractivity contribution in [2.24, 2.45) is 0 Å². The normalized spacial score (nSPS) is 11.7. The van der Waals surface area contributed by atoms with Crippen molar-refractivity contribution < 1.29 is 19.4 Å². The minimum atomic E-state index is -0.831. The van der Waals surface area contributed by atoms with Gasteiger partial charge in [0.25, 0.3) is 0 Å². The maximum Gasteiger partial charge on any atom is 0.303 e. The molecule has 1 atom stereocenters. The predicted molar refractivity (Wildman–Crippen MR) is 139 cm³/mol. The fraction of sp³-hybridized carbons (Fsp3) is 0.200. The molecule has 5 nitrogen and oxygen atoms in total. The highest BCUT2D eigenvalue weighted by Gasteiger charge is 2.19. The Hall–Kier alpha value is -4.12. The van der Waals surface area contributed by atoms with Crippen LogP contribution in [0.15, 0.2) is 91.0 Å². The van der Waals surface area contributed by atoms with Crippen molar-refractivity contribution in [3.8, 4) is 5.75 Å². The highest BCUT2D eigenvalue weighted by atomic mass is 16.5. The number of amides is 1. The fourth-order valence-corrected chi connectivity index (χ4v) is 4.16. The Morgan fingerprint density at radius 3 is 2.46 bits per heavy atom. The van der Waals surface area contributed by atoms with Gasteiger partial charge >= 0.3 is 5.97 Å². The number of carboxylic acids is 1. The third-order valence-corrected chi connectivity index (χ3v) is 6.11. The summed E-state index contributed by atoms with van der Waals surface area (Å²) in [6.45, 7) is 2.32. The molecule has 1 unspecified atom stereocenters. The SMILES string of the molecule is CC(C(=O)Nc1cc(OCc2ccccc2)ccc1CCCC(=O)O)c1cccc2ccccc12. The number of anilines is 1. The smallest absolute Gasteiger partial charge is 0.303 e. The highest BCUT2D eigenvalue weighted by Crippen LogP contribution is 2.29. The van der Waals surface area contributed by atoms with E-state index in [2.05, 4.69) is 5.32 Å². The summed E-state index contributed by atoms with van der Waals surface area (Å²) >= 11 is 0. The highest BCUT2D eigenvalue weighted by molar-refractivity contribution is 5.99. The van der Waals surface area contributed by atoms with E-state index in [0.717, 1.165) is 27.5 Å². The molecule has 4 aromatic rings. The van der Waals surface area contributed by atoms with Gasteiger partial charge in [-0.05, 0) is 53.3 Å². The van der Waals surface area contributed by atoms with E-state index in [4.69, 9.17) is 9.84 Å². The molecule has 0 heterocycles. The van der Waals surface area contributed by atoms with Crippen LogP contribution in [-0.4, -0.2) is 17.0 Å². The number of carbonyl (C=O) groups is 2. The van der Waals surface area contributed by atoms with Gasteiger partial charge in [-0.25, -0.2) is 0 Å². The van der Waals surface area contributed by atoms with E-state index in [9.17, 15) is 9.59 Å². The summed E-state index contributed by atoms with van der Waals surface area (Å²) in [5.41, 5.74) is 3.55. The lowest BCUT2D eigenvalue weighted by Gasteiger charge is -2.18. The van der Waals surface area contributed by atoms with Crippen LogP contribution in [0, 0.1) is 0 Å². The minimum Gasteiger partial charge on any atom is -0.489 e. The lowest BCUT2D eigenvalue weighted by Crippen LogP contribution is -2.20. The molecule has 1 amide bonds. The monoisotopic (exact) mass is 467 g/mol. The lowest BCUT2D eigenvalue weighted by atomic mass is 9.94. The molecule has 5 heteroatoms. The Bertz CT molecular complexity index is 1310. The van der Waals surface area contributed by atoms with Gasteiger partial charge in [0, 0.05) is 18.2 Å². The Labute approximate surface area is 205 Å². The summed E-state index contributed by atoms with van der Waals surface area (Å²) in [5, 5.41) is 14.3. The van der Waals surface area contributed by atoms with Gasteiger partial charge in [0.05, 0.1) is 5.92 Å². The van der Waals surface area contributed by atoms with Crippen LogP contribution in [-0.2, 0) is 22.6 Å². The molecule has 0 aliphatic carbocycles. The van der Waals surface area contributed by atoms with Gasteiger partial charge in [0.2, 0.25) is 5.91 Å². The number of aliphatic carboxylic acids is 1. The van der Waals surface area contributed by atoms with Crippen molar-refractivity contribution >= 4 is 28.3 Å². The molecule has 4 rings (SSSR count). The molecule has 0 saturated heterocycles. The van der Waals surface area contributed by atoms with Gasteiger partial charge in [0.15, 0.2) is 0 Å². The number of carbonyl (C=O) groups excluding carboxylic acids is 1. The first-order valence-corrected chi connectivity index (χ1v) is 11.8. The van der Waals surface area contributed by atoms with Crippen molar-refractivity contribution in [3.63, 3.8) is 0 Å². The summed E-state index contributed by atoms with van der Waals surface area (Å²) in [7, 11) is 0. The predicted octanol–water partition coefficient (Wildman–Crippen LogP) is 6.57. The van der Waals surface area contributed by atoms with Gasteiger partial charge in [-0.3, -0.25) is 9.59 Å². The molecule has 0 aliphatic rings. The number of fused-ring (bicyclic) bond motifs is 1. The van der Waals surface area contributed by atoms with Gasteiger partial charge in [0.1, 0.15) is 12.4 Å². The standard InChI is InChI=1S/C30H29NO4/c1-21(26-15-7-12-23-11-5-6-14-27(23)26)30(34)31-28-19-25(35-20-22-9-3-2-4-10-22)18-17-24(28)13-8-16-29(32)33/h2-7,9-12,14-15,17-19,21H,8,13,16,20H2,1H3,(H,31,34)(H,32,33). The van der Waals surface area contributed by atoms with E-state index in [-0.39, 0.29) is 18.2 Å². The largest absolute Gasteiger partial charge is 0.489 e. The average molecular weight is 468 g/mol. The summed E-state index contributed by atoms with van der Waals surface area (Å²) in [5.74, 6) is -0.685. The molecule has 178 valence electrons. The molecule has 0 aliphatic heterocycles. The van der Waals surface area contributed by atoms with Crippen LogP contribution >= 0.6 is 0 Å². The number of aryl methyl sites for hydroxylation is 1. The van der Waals surface area contributed by atoms with Crippen LogP contribution in [0.2, 0.25) is 0 Å². The van der Waals surface area contributed by atoms with Crippen molar-refractivity contribution in [3.05, 3.63) is 108 Å². The maximum atomic E-state index is 13.3. The molecule has 0 saturated carbocycles. The van der Waals surface area contributed by atoms with E-state index in [0.29, 0.717) is 30.9 Å². The maximum absolute atomic E-state index is 13.3. The van der Waals surface area contributed by atoms with Crippen LogP contribution in [0.5, 0.6) is 5.75 Å². The number of rotatable bonds is 10. The van der Waals surface area contributed by atoms with E-state index < -0.39 is 5.97 Å². The molecule has 0 aromatic heterocycles. The molecule has 4 aromatic carbocycles. The fourth-order valence-electron chi connectivity index (χ4n) is 4.16. The van der Waals surface area contributed by atoms with Crippen molar-refractivity contribution in [1.82, 2.24) is 0 Å². The topological polar surface area (TPSA) is 75.6 Å². The third-order valence-electron chi connectivity index (χ3n) is 6.11. The van der Waals surface area contributed by atoms with Gasteiger partial charge in [-0.2, -0.15) is 0 Å². The number of benzene rings is 4. The molecule has 0 fully saturated rings. The van der Waals surface area contributed by atoms with Crippen molar-refractivity contribution in [1.29, 1.82) is 0 Å². The Kier molecular flexibility index (Phi) is 7.78. The summed E-state index contributed by atoms with van der Waals surface area (Å²) in [4.78, 5) is 24.3. The van der Waals surface area contributed by atoms with Gasteiger partial charge in [-0.1, -0.05) is 78.9 Å². The third kappa shape index (κ3) is 6.27. The second-order valence-electron chi connectivity index (χ2n) is 8.62.